The molecule has 0 radical (unpaired) electrons. The molecule has 0 bridgehead atoms. The highest BCUT2D eigenvalue weighted by Gasteiger charge is 2.22. The lowest BCUT2D eigenvalue weighted by Crippen LogP contribution is -2.06. The third-order valence-corrected chi connectivity index (χ3v) is 2.98. The van der Waals surface area contributed by atoms with Crippen LogP contribution < -0.4 is 9.47 Å². The van der Waals surface area contributed by atoms with Gasteiger partial charge in [0.15, 0.2) is 0 Å². The second-order valence-corrected chi connectivity index (χ2v) is 3.92. The van der Waals surface area contributed by atoms with Gasteiger partial charge in [0.2, 0.25) is 0 Å². The van der Waals surface area contributed by atoms with Gasteiger partial charge in [0.1, 0.15) is 17.1 Å². The van der Waals surface area contributed by atoms with Gasteiger partial charge >= 0.3 is 5.97 Å². The summed E-state index contributed by atoms with van der Waals surface area (Å²) < 4.78 is 10.6. The van der Waals surface area contributed by atoms with Crippen LogP contribution in [0.2, 0.25) is 0 Å². The Balaban J connectivity index is 3.00. The second kappa shape index (κ2) is 4.56. The average molecular weight is 246 g/mol. The zero-order chi connectivity index (χ0) is 13.3. The minimum atomic E-state index is -1.02. The molecule has 0 saturated carbocycles. The predicted molar refractivity (Wildman–Crippen MR) is 68.7 cm³/mol. The molecule has 0 atom stereocenters. The van der Waals surface area contributed by atoms with Crippen molar-refractivity contribution in [2.45, 2.75) is 6.92 Å². The van der Waals surface area contributed by atoms with Gasteiger partial charge in [-0.25, -0.2) is 4.79 Å². The molecule has 0 aliphatic carbocycles. The van der Waals surface area contributed by atoms with Gasteiger partial charge in [0, 0.05) is 16.3 Å². The maximum atomic E-state index is 11.4. The molecule has 18 heavy (non-hydrogen) atoms. The summed E-state index contributed by atoms with van der Waals surface area (Å²) in [6, 6.07) is 7.42. The van der Waals surface area contributed by atoms with E-state index < -0.39 is 5.97 Å². The number of carbonyl (C=O) groups is 1. The van der Waals surface area contributed by atoms with Gasteiger partial charge in [0.05, 0.1) is 14.2 Å². The van der Waals surface area contributed by atoms with E-state index in [1.54, 1.807) is 6.92 Å². The second-order valence-electron chi connectivity index (χ2n) is 3.92. The number of fused-ring (bicyclic) bond motifs is 1. The molecular formula is C14H14O4. The highest BCUT2D eigenvalue weighted by atomic mass is 16.5. The SMILES string of the molecule is COc1c(C)c(C(=O)O)c(OC)c2ccccc12. The van der Waals surface area contributed by atoms with Crippen molar-refractivity contribution in [3.63, 3.8) is 0 Å². The molecule has 2 rings (SSSR count). The molecule has 0 unspecified atom stereocenters. The van der Waals surface area contributed by atoms with Gasteiger partial charge in [-0.3, -0.25) is 0 Å². The highest BCUT2D eigenvalue weighted by Crippen LogP contribution is 2.40. The van der Waals surface area contributed by atoms with Crippen molar-refractivity contribution in [3.05, 3.63) is 35.4 Å². The number of rotatable bonds is 3. The van der Waals surface area contributed by atoms with Crippen molar-refractivity contribution in [1.29, 1.82) is 0 Å². The quantitative estimate of drug-likeness (QED) is 0.904. The van der Waals surface area contributed by atoms with Gasteiger partial charge < -0.3 is 14.6 Å². The van der Waals surface area contributed by atoms with E-state index in [1.807, 2.05) is 24.3 Å². The van der Waals surface area contributed by atoms with E-state index in [4.69, 9.17) is 9.47 Å². The predicted octanol–water partition coefficient (Wildman–Crippen LogP) is 2.86. The molecule has 0 spiro atoms. The number of aromatic carboxylic acids is 1. The largest absolute Gasteiger partial charge is 0.496 e. The molecule has 94 valence electrons. The average Bonchev–Trinajstić information content (AvgIpc) is 2.36. The molecule has 0 aromatic heterocycles. The number of carboxylic acid groups (broad SMARTS) is 1. The van der Waals surface area contributed by atoms with E-state index in [2.05, 4.69) is 0 Å². The number of methoxy groups -OCH3 is 2. The van der Waals surface area contributed by atoms with Crippen LogP contribution in [0.5, 0.6) is 11.5 Å². The molecule has 0 heterocycles. The fraction of sp³-hybridized carbons (Fsp3) is 0.214. The minimum Gasteiger partial charge on any atom is -0.496 e. The summed E-state index contributed by atoms with van der Waals surface area (Å²) in [5, 5.41) is 10.9. The van der Waals surface area contributed by atoms with Crippen LogP contribution in [0.4, 0.5) is 0 Å². The van der Waals surface area contributed by atoms with E-state index in [9.17, 15) is 9.90 Å². The molecule has 2 aromatic carbocycles. The van der Waals surface area contributed by atoms with Crippen LogP contribution in [0, 0.1) is 6.92 Å². The number of hydrogen-bond acceptors (Lipinski definition) is 3. The summed E-state index contributed by atoms with van der Waals surface area (Å²) >= 11 is 0. The lowest BCUT2D eigenvalue weighted by Gasteiger charge is -2.16. The topological polar surface area (TPSA) is 55.8 Å². The van der Waals surface area contributed by atoms with Crippen molar-refractivity contribution >= 4 is 16.7 Å². The van der Waals surface area contributed by atoms with E-state index in [1.165, 1.54) is 14.2 Å². The number of benzene rings is 2. The Morgan fingerprint density at radius 3 is 2.00 bits per heavy atom. The van der Waals surface area contributed by atoms with Gasteiger partial charge in [-0.2, -0.15) is 0 Å². The number of ether oxygens (including phenoxy) is 2. The van der Waals surface area contributed by atoms with E-state index in [0.29, 0.717) is 17.1 Å². The van der Waals surface area contributed by atoms with Crippen LogP contribution in [0.15, 0.2) is 24.3 Å². The first-order valence-corrected chi connectivity index (χ1v) is 5.48. The zero-order valence-corrected chi connectivity index (χ0v) is 10.5. The van der Waals surface area contributed by atoms with Crippen LogP contribution in [-0.2, 0) is 0 Å². The lowest BCUT2D eigenvalue weighted by molar-refractivity contribution is 0.0692. The third-order valence-electron chi connectivity index (χ3n) is 2.98. The molecule has 0 aliphatic rings. The summed E-state index contributed by atoms with van der Waals surface area (Å²) in [4.78, 5) is 11.4. The van der Waals surface area contributed by atoms with Gasteiger partial charge in [-0.15, -0.1) is 0 Å². The standard InChI is InChI=1S/C14H14O4/c1-8-11(14(15)16)13(18-3)10-7-5-4-6-9(10)12(8)17-2/h4-7H,1-3H3,(H,15,16). The minimum absolute atomic E-state index is 0.146. The number of hydrogen-bond donors (Lipinski definition) is 1. The summed E-state index contributed by atoms with van der Waals surface area (Å²) in [5.74, 6) is -0.0754. The van der Waals surface area contributed by atoms with Crippen molar-refractivity contribution in [1.82, 2.24) is 0 Å². The smallest absolute Gasteiger partial charge is 0.339 e. The molecule has 4 nitrogen and oxygen atoms in total. The molecule has 2 aromatic rings. The summed E-state index contributed by atoms with van der Waals surface area (Å²) in [6.45, 7) is 1.72. The molecule has 0 amide bonds. The Kier molecular flexibility index (Phi) is 3.10. The first kappa shape index (κ1) is 12.2. The van der Waals surface area contributed by atoms with Gasteiger partial charge in [-0.05, 0) is 6.92 Å². The molecule has 0 aliphatic heterocycles. The summed E-state index contributed by atoms with van der Waals surface area (Å²) in [6.07, 6.45) is 0. The summed E-state index contributed by atoms with van der Waals surface area (Å²) in [7, 11) is 3.01. The fourth-order valence-corrected chi connectivity index (χ4v) is 2.23. The highest BCUT2D eigenvalue weighted by molar-refractivity contribution is 6.05. The van der Waals surface area contributed by atoms with E-state index >= 15 is 0 Å². The van der Waals surface area contributed by atoms with E-state index in [-0.39, 0.29) is 5.56 Å². The Morgan fingerprint density at radius 1 is 1.06 bits per heavy atom. The Morgan fingerprint density at radius 2 is 1.56 bits per heavy atom. The van der Waals surface area contributed by atoms with Crippen molar-refractivity contribution in [2.24, 2.45) is 0 Å². The number of carboxylic acids is 1. The van der Waals surface area contributed by atoms with Crippen LogP contribution in [0.3, 0.4) is 0 Å². The maximum Gasteiger partial charge on any atom is 0.339 e. The van der Waals surface area contributed by atoms with E-state index in [0.717, 1.165) is 10.8 Å². The first-order valence-electron chi connectivity index (χ1n) is 5.48. The lowest BCUT2D eigenvalue weighted by atomic mass is 9.98. The van der Waals surface area contributed by atoms with Crippen LogP contribution in [0.25, 0.3) is 10.8 Å². The Bertz CT molecular complexity index is 617. The Labute approximate surface area is 105 Å². The molecule has 1 N–H and O–H groups in total. The van der Waals surface area contributed by atoms with Crippen molar-refractivity contribution in [3.8, 4) is 11.5 Å². The molecule has 4 heteroatoms. The van der Waals surface area contributed by atoms with Crippen LogP contribution in [0.1, 0.15) is 15.9 Å². The summed E-state index contributed by atoms with van der Waals surface area (Å²) in [5.41, 5.74) is 0.716. The molecular weight excluding hydrogens is 232 g/mol. The zero-order valence-electron chi connectivity index (χ0n) is 10.5. The maximum absolute atomic E-state index is 11.4. The van der Waals surface area contributed by atoms with Gasteiger partial charge in [-0.1, -0.05) is 24.3 Å². The van der Waals surface area contributed by atoms with Crippen molar-refractivity contribution < 1.29 is 19.4 Å². The Hall–Kier alpha value is -2.23. The van der Waals surface area contributed by atoms with Crippen LogP contribution in [-0.4, -0.2) is 25.3 Å². The van der Waals surface area contributed by atoms with Gasteiger partial charge in [0.25, 0.3) is 0 Å². The molecule has 0 fully saturated rings. The molecule has 0 saturated heterocycles. The monoisotopic (exact) mass is 246 g/mol. The first-order chi connectivity index (χ1) is 8.61. The fourth-order valence-electron chi connectivity index (χ4n) is 2.23. The normalized spacial score (nSPS) is 10.4. The van der Waals surface area contributed by atoms with Crippen LogP contribution >= 0.6 is 0 Å². The third kappa shape index (κ3) is 1.66. The van der Waals surface area contributed by atoms with Crippen molar-refractivity contribution in [2.75, 3.05) is 14.2 Å².